The number of rotatable bonds is 3. The van der Waals surface area contributed by atoms with Crippen LogP contribution in [0.1, 0.15) is 25.7 Å². The summed E-state index contributed by atoms with van der Waals surface area (Å²) in [5, 5.41) is 4.40. The van der Waals surface area contributed by atoms with E-state index in [1.807, 2.05) is 18.2 Å². The number of hydrogen-bond donors (Lipinski definition) is 1. The molecule has 4 heterocycles. The zero-order valence-electron chi connectivity index (χ0n) is 12.1. The van der Waals surface area contributed by atoms with Crippen molar-refractivity contribution in [2.24, 2.45) is 5.73 Å². The quantitative estimate of drug-likeness (QED) is 0.890. The van der Waals surface area contributed by atoms with Crippen LogP contribution in [0.4, 0.5) is 0 Å². The van der Waals surface area contributed by atoms with Crippen LogP contribution in [-0.2, 0) is 6.54 Å². The molecule has 2 bridgehead atoms. The van der Waals surface area contributed by atoms with Crippen molar-refractivity contribution in [3.05, 3.63) is 34.9 Å². The van der Waals surface area contributed by atoms with Crippen molar-refractivity contribution in [1.82, 2.24) is 19.1 Å². The second-order valence-electron chi connectivity index (χ2n) is 6.29. The summed E-state index contributed by atoms with van der Waals surface area (Å²) in [7, 11) is 0. The summed E-state index contributed by atoms with van der Waals surface area (Å²) in [6, 6.07) is 7.18. The second-order valence-corrected chi connectivity index (χ2v) is 6.29. The van der Waals surface area contributed by atoms with Gasteiger partial charge in [-0.15, -0.1) is 5.10 Å². The zero-order chi connectivity index (χ0) is 14.4. The molecule has 0 spiro atoms. The number of pyridine rings is 1. The van der Waals surface area contributed by atoms with Crippen LogP contribution in [0.25, 0.3) is 5.65 Å². The molecule has 2 atom stereocenters. The Balaban J connectivity index is 1.51. The van der Waals surface area contributed by atoms with E-state index in [1.165, 1.54) is 12.8 Å². The van der Waals surface area contributed by atoms with E-state index in [1.54, 1.807) is 15.3 Å². The van der Waals surface area contributed by atoms with Gasteiger partial charge in [0.2, 0.25) is 0 Å². The summed E-state index contributed by atoms with van der Waals surface area (Å²) >= 11 is 0. The molecule has 0 saturated carbocycles. The number of piperidine rings is 1. The lowest BCUT2D eigenvalue weighted by Gasteiger charge is -2.37. The molecule has 112 valence electrons. The first-order valence-corrected chi connectivity index (χ1v) is 7.78. The third kappa shape index (κ3) is 2.18. The fourth-order valence-corrected chi connectivity index (χ4v) is 4.01. The molecule has 2 N–H and O–H groups in total. The Morgan fingerprint density at radius 1 is 1.19 bits per heavy atom. The van der Waals surface area contributed by atoms with Gasteiger partial charge in [0.15, 0.2) is 5.65 Å². The molecule has 6 heteroatoms. The second kappa shape index (κ2) is 4.96. The molecule has 6 nitrogen and oxygen atoms in total. The standard InChI is InChI=1S/C15H21N5O/c16-11-9-12-4-5-13(10-11)18(12)7-8-20-15(21)19-6-2-1-3-14(19)17-20/h1-3,6,11-13H,4-5,7-10,16H2. The highest BCUT2D eigenvalue weighted by atomic mass is 16.2. The first-order chi connectivity index (χ1) is 10.2. The van der Waals surface area contributed by atoms with Crippen molar-refractivity contribution in [3.63, 3.8) is 0 Å². The predicted octanol–water partition coefficient (Wildman–Crippen LogP) is 0.450. The van der Waals surface area contributed by atoms with Gasteiger partial charge in [-0.2, -0.15) is 0 Å². The van der Waals surface area contributed by atoms with E-state index in [9.17, 15) is 4.79 Å². The molecule has 2 aliphatic heterocycles. The highest BCUT2D eigenvalue weighted by molar-refractivity contribution is 5.35. The van der Waals surface area contributed by atoms with Crippen LogP contribution in [-0.4, -0.2) is 43.8 Å². The minimum Gasteiger partial charge on any atom is -0.328 e. The Labute approximate surface area is 123 Å². The van der Waals surface area contributed by atoms with Crippen molar-refractivity contribution < 1.29 is 0 Å². The Bertz CT molecular complexity index is 691. The summed E-state index contributed by atoms with van der Waals surface area (Å²) in [5.41, 5.74) is 6.77. The summed E-state index contributed by atoms with van der Waals surface area (Å²) in [4.78, 5) is 14.8. The van der Waals surface area contributed by atoms with Crippen molar-refractivity contribution >= 4 is 5.65 Å². The van der Waals surface area contributed by atoms with Crippen LogP contribution < -0.4 is 11.4 Å². The third-order valence-electron chi connectivity index (χ3n) is 4.98. The Kier molecular flexibility index (Phi) is 3.08. The Hall–Kier alpha value is -1.66. The summed E-state index contributed by atoms with van der Waals surface area (Å²) in [6.45, 7) is 1.55. The van der Waals surface area contributed by atoms with Crippen LogP contribution in [0, 0.1) is 0 Å². The van der Waals surface area contributed by atoms with Crippen molar-refractivity contribution in [2.45, 2.75) is 50.4 Å². The van der Waals surface area contributed by atoms with Gasteiger partial charge >= 0.3 is 5.69 Å². The molecule has 2 aromatic rings. The molecule has 0 amide bonds. The first-order valence-electron chi connectivity index (χ1n) is 7.78. The number of aromatic nitrogens is 3. The average Bonchev–Trinajstić information content (AvgIpc) is 2.92. The van der Waals surface area contributed by atoms with Crippen molar-refractivity contribution in [3.8, 4) is 0 Å². The van der Waals surface area contributed by atoms with E-state index in [-0.39, 0.29) is 5.69 Å². The van der Waals surface area contributed by atoms with Crippen LogP contribution >= 0.6 is 0 Å². The summed E-state index contributed by atoms with van der Waals surface area (Å²) in [5.74, 6) is 0. The number of fused-ring (bicyclic) bond motifs is 3. The van der Waals surface area contributed by atoms with Gasteiger partial charge < -0.3 is 5.73 Å². The van der Waals surface area contributed by atoms with Crippen LogP contribution in [0.15, 0.2) is 29.2 Å². The van der Waals surface area contributed by atoms with Gasteiger partial charge in [0, 0.05) is 30.9 Å². The van der Waals surface area contributed by atoms with Crippen LogP contribution in [0.2, 0.25) is 0 Å². The fraction of sp³-hybridized carbons (Fsp3) is 0.600. The molecule has 21 heavy (non-hydrogen) atoms. The maximum atomic E-state index is 12.3. The fourth-order valence-electron chi connectivity index (χ4n) is 4.01. The molecule has 2 aromatic heterocycles. The zero-order valence-corrected chi connectivity index (χ0v) is 12.1. The minimum atomic E-state index is -0.0494. The molecule has 0 aliphatic carbocycles. The molecule has 4 rings (SSSR count). The molecular formula is C15H21N5O. The lowest BCUT2D eigenvalue weighted by molar-refractivity contribution is 0.121. The monoisotopic (exact) mass is 287 g/mol. The van der Waals surface area contributed by atoms with E-state index in [2.05, 4.69) is 10.00 Å². The number of nitrogens with zero attached hydrogens (tertiary/aromatic N) is 4. The Morgan fingerprint density at radius 2 is 1.95 bits per heavy atom. The molecule has 2 saturated heterocycles. The summed E-state index contributed by atoms with van der Waals surface area (Å²) < 4.78 is 3.18. The number of hydrogen-bond acceptors (Lipinski definition) is 4. The topological polar surface area (TPSA) is 68.6 Å². The normalized spacial score (nSPS) is 29.3. The van der Waals surface area contributed by atoms with E-state index in [4.69, 9.17) is 5.73 Å². The van der Waals surface area contributed by atoms with Gasteiger partial charge in [0.05, 0.1) is 6.54 Å². The van der Waals surface area contributed by atoms with Crippen molar-refractivity contribution in [1.29, 1.82) is 0 Å². The predicted molar refractivity (Wildman–Crippen MR) is 80.2 cm³/mol. The van der Waals surface area contributed by atoms with Crippen LogP contribution in [0.5, 0.6) is 0 Å². The van der Waals surface area contributed by atoms with Gasteiger partial charge in [0.1, 0.15) is 0 Å². The molecule has 2 aliphatic rings. The Morgan fingerprint density at radius 3 is 2.67 bits per heavy atom. The highest BCUT2D eigenvalue weighted by Gasteiger charge is 2.39. The molecular weight excluding hydrogens is 266 g/mol. The molecule has 2 unspecified atom stereocenters. The third-order valence-corrected chi connectivity index (χ3v) is 4.98. The van der Waals surface area contributed by atoms with Gasteiger partial charge in [-0.25, -0.2) is 9.48 Å². The van der Waals surface area contributed by atoms with E-state index >= 15 is 0 Å². The van der Waals surface area contributed by atoms with Crippen molar-refractivity contribution in [2.75, 3.05) is 6.54 Å². The van der Waals surface area contributed by atoms with E-state index in [0.717, 1.165) is 19.4 Å². The SMILES string of the molecule is NC1CC2CCC(C1)N2CCn1nc2ccccn2c1=O. The largest absolute Gasteiger partial charge is 0.350 e. The number of nitrogens with two attached hydrogens (primary N) is 1. The van der Waals surface area contributed by atoms with Gasteiger partial charge in [-0.3, -0.25) is 9.30 Å². The van der Waals surface area contributed by atoms with Gasteiger partial charge in [-0.1, -0.05) is 6.07 Å². The highest BCUT2D eigenvalue weighted by Crippen LogP contribution is 2.34. The maximum Gasteiger partial charge on any atom is 0.350 e. The van der Waals surface area contributed by atoms with Gasteiger partial charge in [0.25, 0.3) is 0 Å². The minimum absolute atomic E-state index is 0.0494. The smallest absolute Gasteiger partial charge is 0.328 e. The van der Waals surface area contributed by atoms with E-state index in [0.29, 0.717) is 30.3 Å². The lowest BCUT2D eigenvalue weighted by Crippen LogP contribution is -2.48. The molecule has 2 fully saturated rings. The first kappa shape index (κ1) is 13.0. The summed E-state index contributed by atoms with van der Waals surface area (Å²) in [6.07, 6.45) is 6.45. The average molecular weight is 287 g/mol. The van der Waals surface area contributed by atoms with Crippen LogP contribution in [0.3, 0.4) is 0 Å². The maximum absolute atomic E-state index is 12.3. The van der Waals surface area contributed by atoms with E-state index < -0.39 is 0 Å². The molecule has 0 radical (unpaired) electrons. The van der Waals surface area contributed by atoms with Gasteiger partial charge in [-0.05, 0) is 37.8 Å². The molecule has 0 aromatic carbocycles. The lowest BCUT2D eigenvalue weighted by atomic mass is 9.98.